The molecule has 0 radical (unpaired) electrons. The molecule has 0 saturated heterocycles. The number of fused-ring (bicyclic) bond motifs is 9. The number of halogens is 4. The minimum Gasteiger partial charge on any atom is -0.264 e. The van der Waals surface area contributed by atoms with Crippen LogP contribution in [0.1, 0.15) is 0 Å². The number of aromatic nitrogens is 3. The van der Waals surface area contributed by atoms with Crippen LogP contribution in [0.5, 0.6) is 0 Å². The molecule has 9 rings (SSSR count). The predicted octanol–water partition coefficient (Wildman–Crippen LogP) is 11.2. The summed E-state index contributed by atoms with van der Waals surface area (Å²) in [7, 11) is 0. The van der Waals surface area contributed by atoms with E-state index in [9.17, 15) is 8.78 Å². The maximum absolute atomic E-state index is 15.2. The number of hydrogen-bond acceptors (Lipinski definition) is 3. The third-order valence-electron chi connectivity index (χ3n) is 9.07. The molecular formula is C41H21F4N3. The molecule has 0 aliphatic carbocycles. The molecule has 7 heteroatoms. The zero-order valence-corrected chi connectivity index (χ0v) is 25.0. The second-order valence-electron chi connectivity index (χ2n) is 11.8. The van der Waals surface area contributed by atoms with Gasteiger partial charge in [0.05, 0.1) is 5.52 Å². The Morgan fingerprint density at radius 2 is 0.958 bits per heavy atom. The lowest BCUT2D eigenvalue weighted by Crippen LogP contribution is -2.00. The number of rotatable bonds is 3. The van der Waals surface area contributed by atoms with Gasteiger partial charge in [0.15, 0.2) is 23.3 Å². The van der Waals surface area contributed by atoms with Gasteiger partial charge in [-0.05, 0) is 91.6 Å². The topological polar surface area (TPSA) is 38.7 Å². The fraction of sp³-hybridized carbons (Fsp3) is 0. The first-order valence-corrected chi connectivity index (χ1v) is 15.3. The molecule has 0 bridgehead atoms. The van der Waals surface area contributed by atoms with Crippen molar-refractivity contribution >= 4 is 54.1 Å². The molecule has 0 amide bonds. The lowest BCUT2D eigenvalue weighted by molar-refractivity contribution is 0.417. The van der Waals surface area contributed by atoms with Gasteiger partial charge in [0, 0.05) is 52.1 Å². The summed E-state index contributed by atoms with van der Waals surface area (Å²) in [6.07, 6.45) is 7.15. The molecule has 48 heavy (non-hydrogen) atoms. The Labute approximate surface area is 270 Å². The van der Waals surface area contributed by atoms with E-state index in [1.807, 2.05) is 85.2 Å². The van der Waals surface area contributed by atoms with Gasteiger partial charge in [-0.15, -0.1) is 0 Å². The van der Waals surface area contributed by atoms with E-state index in [0.29, 0.717) is 16.3 Å². The first kappa shape index (κ1) is 28.0. The quantitative estimate of drug-likeness (QED) is 0.0640. The largest absolute Gasteiger partial charge is 0.264 e. The Hall–Kier alpha value is -6.21. The fourth-order valence-electron chi connectivity index (χ4n) is 6.88. The molecule has 9 aromatic rings. The highest BCUT2D eigenvalue weighted by atomic mass is 19.2. The molecule has 0 aliphatic heterocycles. The molecule has 6 aromatic carbocycles. The van der Waals surface area contributed by atoms with Crippen molar-refractivity contribution in [2.75, 3.05) is 0 Å². The van der Waals surface area contributed by atoms with E-state index < -0.39 is 34.2 Å². The standard InChI is InChI=1S/C41H21F4N3/c42-36-34-19-33-35-29-11-3-1-9-27(29)31(26-16-24(22-7-5-13-46-20-22)15-25(17-26)23-8-6-14-47-21-23)18-32(35)28-10-2-4-12-30(28)40(33)48-41(34)39(45)38(44)37(36)43/h1-21H. The molecular weight excluding hydrogens is 610 g/mol. The van der Waals surface area contributed by atoms with Crippen LogP contribution in [0.25, 0.3) is 87.5 Å². The van der Waals surface area contributed by atoms with E-state index in [-0.39, 0.29) is 0 Å². The molecule has 0 spiro atoms. The van der Waals surface area contributed by atoms with Crippen molar-refractivity contribution in [1.29, 1.82) is 0 Å². The molecule has 0 unspecified atom stereocenters. The van der Waals surface area contributed by atoms with E-state index in [0.717, 1.165) is 60.3 Å². The monoisotopic (exact) mass is 631 g/mol. The maximum Gasteiger partial charge on any atom is 0.199 e. The molecule has 228 valence electrons. The van der Waals surface area contributed by atoms with Crippen molar-refractivity contribution in [3.8, 4) is 33.4 Å². The van der Waals surface area contributed by atoms with Crippen LogP contribution in [-0.4, -0.2) is 15.0 Å². The Morgan fingerprint density at radius 3 is 1.60 bits per heavy atom. The van der Waals surface area contributed by atoms with Crippen LogP contribution in [0.2, 0.25) is 0 Å². The summed E-state index contributed by atoms with van der Waals surface area (Å²) < 4.78 is 59.0. The third-order valence-corrected chi connectivity index (χ3v) is 9.07. The zero-order chi connectivity index (χ0) is 32.5. The van der Waals surface area contributed by atoms with E-state index in [1.165, 1.54) is 6.07 Å². The van der Waals surface area contributed by atoms with Gasteiger partial charge in [0.25, 0.3) is 0 Å². The Bertz CT molecular complexity index is 2710. The van der Waals surface area contributed by atoms with Crippen molar-refractivity contribution in [3.05, 3.63) is 151 Å². The van der Waals surface area contributed by atoms with Gasteiger partial charge in [0.2, 0.25) is 0 Å². The minimum absolute atomic E-state index is 0.366. The third kappa shape index (κ3) is 4.17. The van der Waals surface area contributed by atoms with Gasteiger partial charge in [-0.3, -0.25) is 9.97 Å². The number of pyridine rings is 3. The van der Waals surface area contributed by atoms with Crippen LogP contribution in [-0.2, 0) is 0 Å². The average molecular weight is 632 g/mol. The highest BCUT2D eigenvalue weighted by molar-refractivity contribution is 6.33. The smallest absolute Gasteiger partial charge is 0.199 e. The van der Waals surface area contributed by atoms with Crippen molar-refractivity contribution in [1.82, 2.24) is 15.0 Å². The van der Waals surface area contributed by atoms with E-state index in [1.54, 1.807) is 12.4 Å². The number of nitrogens with zero attached hydrogens (tertiary/aromatic N) is 3. The fourth-order valence-corrected chi connectivity index (χ4v) is 6.88. The molecule has 3 heterocycles. The van der Waals surface area contributed by atoms with Crippen molar-refractivity contribution in [2.45, 2.75) is 0 Å². The highest BCUT2D eigenvalue weighted by Gasteiger charge is 2.24. The molecule has 0 atom stereocenters. The van der Waals surface area contributed by atoms with Crippen LogP contribution in [0.3, 0.4) is 0 Å². The van der Waals surface area contributed by atoms with Crippen LogP contribution < -0.4 is 0 Å². The summed E-state index contributed by atoms with van der Waals surface area (Å²) in [5.41, 5.74) is 5.61. The van der Waals surface area contributed by atoms with Gasteiger partial charge in [-0.2, -0.15) is 0 Å². The molecule has 3 nitrogen and oxygen atoms in total. The summed E-state index contributed by atoms with van der Waals surface area (Å²) in [6.45, 7) is 0. The number of benzene rings is 6. The SMILES string of the molecule is Fc1c(F)c(F)c2nc3c4ccccc4c4cc(-c5cc(-c6cccnc6)cc(-c6cccnc6)c5)c5ccccc5c4c3cc2c1F. The van der Waals surface area contributed by atoms with Gasteiger partial charge in [-0.25, -0.2) is 22.5 Å². The Balaban J connectivity index is 1.44. The van der Waals surface area contributed by atoms with Crippen LogP contribution in [0.15, 0.2) is 128 Å². The second kappa shape index (κ2) is 10.7. The van der Waals surface area contributed by atoms with E-state index >= 15 is 8.78 Å². The van der Waals surface area contributed by atoms with Crippen molar-refractivity contribution in [3.63, 3.8) is 0 Å². The van der Waals surface area contributed by atoms with Crippen molar-refractivity contribution in [2.24, 2.45) is 0 Å². The molecule has 0 aliphatic rings. The molecule has 0 saturated carbocycles. The second-order valence-corrected chi connectivity index (χ2v) is 11.8. The number of hydrogen-bond donors (Lipinski definition) is 0. The van der Waals surface area contributed by atoms with Crippen LogP contribution >= 0.6 is 0 Å². The summed E-state index contributed by atoms with van der Waals surface area (Å²) in [5.74, 6) is -6.74. The van der Waals surface area contributed by atoms with Gasteiger partial charge < -0.3 is 0 Å². The predicted molar refractivity (Wildman–Crippen MR) is 183 cm³/mol. The lowest BCUT2D eigenvalue weighted by atomic mass is 9.87. The molecule has 0 fully saturated rings. The van der Waals surface area contributed by atoms with Crippen LogP contribution in [0.4, 0.5) is 17.6 Å². The first-order valence-electron chi connectivity index (χ1n) is 15.3. The summed E-state index contributed by atoms with van der Waals surface area (Å²) in [6, 6.07) is 33.2. The summed E-state index contributed by atoms with van der Waals surface area (Å²) >= 11 is 0. The zero-order valence-electron chi connectivity index (χ0n) is 25.0. The summed E-state index contributed by atoms with van der Waals surface area (Å²) in [4.78, 5) is 13.2. The van der Waals surface area contributed by atoms with Crippen LogP contribution in [0, 0.1) is 23.3 Å². The van der Waals surface area contributed by atoms with Gasteiger partial charge in [0.1, 0.15) is 5.52 Å². The maximum atomic E-state index is 15.2. The lowest BCUT2D eigenvalue weighted by Gasteiger charge is -2.18. The van der Waals surface area contributed by atoms with Gasteiger partial charge in [-0.1, -0.05) is 60.7 Å². The van der Waals surface area contributed by atoms with Crippen molar-refractivity contribution < 1.29 is 17.6 Å². The van der Waals surface area contributed by atoms with E-state index in [4.69, 9.17) is 0 Å². The average Bonchev–Trinajstić information content (AvgIpc) is 3.15. The first-order chi connectivity index (χ1) is 23.5. The minimum atomic E-state index is -1.88. The van der Waals surface area contributed by atoms with Gasteiger partial charge >= 0.3 is 0 Å². The highest BCUT2D eigenvalue weighted by Crippen LogP contribution is 2.44. The normalized spacial score (nSPS) is 11.8. The molecule has 3 aromatic heterocycles. The summed E-state index contributed by atoms with van der Waals surface area (Å²) in [5, 5.41) is 4.95. The Kier molecular flexibility index (Phi) is 6.24. The molecule has 0 N–H and O–H groups in total. The Morgan fingerprint density at radius 1 is 0.375 bits per heavy atom. The van der Waals surface area contributed by atoms with E-state index in [2.05, 4.69) is 39.2 Å².